The van der Waals surface area contributed by atoms with Gasteiger partial charge in [0.1, 0.15) is 16.5 Å². The number of thiazole rings is 1. The van der Waals surface area contributed by atoms with Gasteiger partial charge in [-0.1, -0.05) is 59.4 Å². The van der Waals surface area contributed by atoms with Crippen LogP contribution in [0.1, 0.15) is 133 Å². The Morgan fingerprint density at radius 3 is 2.38 bits per heavy atom. The number of nitrogens with one attached hydrogen (secondary N) is 1. The van der Waals surface area contributed by atoms with E-state index in [1.54, 1.807) is 25.3 Å². The molecule has 2 rings (SSSR count). The van der Waals surface area contributed by atoms with Gasteiger partial charge in [0.25, 0.3) is 5.91 Å². The summed E-state index contributed by atoms with van der Waals surface area (Å²) in [5, 5.41) is 14.7. The molecule has 2 amide bonds. The van der Waals surface area contributed by atoms with E-state index in [2.05, 4.69) is 38.0 Å². The number of aromatic nitrogens is 1. The smallest absolute Gasteiger partial charge is 0.309 e. The molecule has 0 bridgehead atoms. The van der Waals surface area contributed by atoms with Crippen LogP contribution in [-0.4, -0.2) is 57.4 Å². The molecule has 3 unspecified atom stereocenters. The van der Waals surface area contributed by atoms with Crippen LogP contribution >= 0.6 is 11.3 Å². The number of anilines is 1. The molecule has 1 heterocycles. The molecule has 0 aliphatic heterocycles. The summed E-state index contributed by atoms with van der Waals surface area (Å²) in [6.45, 7) is 13.4. The highest BCUT2D eigenvalue weighted by Gasteiger charge is 2.34. The van der Waals surface area contributed by atoms with Gasteiger partial charge in [-0.25, -0.2) is 9.37 Å². The van der Waals surface area contributed by atoms with E-state index in [0.717, 1.165) is 38.5 Å². The summed E-state index contributed by atoms with van der Waals surface area (Å²) in [6, 6.07) is 3.41. The fraction of sp³-hybridized carbons (Fsp3) is 0.639. The fourth-order valence-electron chi connectivity index (χ4n) is 5.72. The number of unbranched alkanes of at least 4 members (excludes halogenated alkanes) is 4. The number of carbonyl (C=O) groups excluding carboxylic acids is 3. The lowest BCUT2D eigenvalue weighted by atomic mass is 9.84. The third-order valence-electron chi connectivity index (χ3n) is 8.49. The van der Waals surface area contributed by atoms with Crippen LogP contribution in [-0.2, 0) is 25.5 Å². The zero-order chi connectivity index (χ0) is 36.0. The molecule has 10 nitrogen and oxygen atoms in total. The molecular weight excluding hydrogens is 635 g/mol. The van der Waals surface area contributed by atoms with E-state index >= 15 is 0 Å². The van der Waals surface area contributed by atoms with E-state index in [4.69, 9.17) is 10.5 Å². The van der Waals surface area contributed by atoms with E-state index in [1.807, 2.05) is 4.90 Å². The molecule has 0 aliphatic rings. The number of esters is 1. The Morgan fingerprint density at radius 2 is 1.79 bits per heavy atom. The lowest BCUT2D eigenvalue weighted by Crippen LogP contribution is -2.45. The van der Waals surface area contributed by atoms with Crippen LogP contribution < -0.4 is 11.1 Å². The zero-order valence-corrected chi connectivity index (χ0v) is 30.5. The number of nitrogens with two attached hydrogens (primary N) is 1. The number of amides is 2. The molecule has 4 N–H and O–H groups in total. The van der Waals surface area contributed by atoms with Crippen molar-refractivity contribution in [2.75, 3.05) is 12.3 Å². The molecule has 0 saturated heterocycles. The van der Waals surface area contributed by atoms with Crippen molar-refractivity contribution in [2.24, 2.45) is 11.3 Å². The zero-order valence-electron chi connectivity index (χ0n) is 29.6. The topological polar surface area (TPSA) is 152 Å². The molecule has 0 saturated carbocycles. The summed E-state index contributed by atoms with van der Waals surface area (Å²) in [4.78, 5) is 57.7. The molecule has 48 heavy (non-hydrogen) atoms. The summed E-state index contributed by atoms with van der Waals surface area (Å²) in [5.41, 5.74) is 5.28. The number of carboxylic acid groups (broad SMARTS) is 1. The van der Waals surface area contributed by atoms with E-state index in [9.17, 15) is 28.7 Å². The monoisotopic (exact) mass is 690 g/mol. The van der Waals surface area contributed by atoms with Crippen LogP contribution in [0.3, 0.4) is 0 Å². The molecule has 0 aliphatic carbocycles. The molecule has 0 fully saturated rings. The number of carboxylic acids is 1. The third-order valence-corrected chi connectivity index (χ3v) is 9.43. The Hall–Kier alpha value is -3.54. The standard InChI is InChI=1S/C36H55FN4O6S/c1-8-10-12-13-17-41(32(43)14-11-9-2)30(23(3)4)20-31(47-24(5)42)34-40-29(22-48-34)33(44)39-26(21-36(6,7)35(45)46)18-25-15-16-27(37)28(38)19-25/h15-16,19,22-23,26,30-31H,8-14,17-18,20-21,38H2,1-7H3,(H,39,44)(H,45,46). The van der Waals surface area contributed by atoms with Crippen LogP contribution in [0.4, 0.5) is 10.1 Å². The first-order chi connectivity index (χ1) is 22.6. The number of rotatable bonds is 21. The van der Waals surface area contributed by atoms with E-state index < -0.39 is 41.2 Å². The van der Waals surface area contributed by atoms with Gasteiger partial charge in [-0.15, -0.1) is 11.3 Å². The molecule has 2 aromatic rings. The van der Waals surface area contributed by atoms with Gasteiger partial charge in [0, 0.05) is 43.8 Å². The molecule has 12 heteroatoms. The van der Waals surface area contributed by atoms with Crippen molar-refractivity contribution in [3.05, 3.63) is 45.7 Å². The van der Waals surface area contributed by atoms with Crippen LogP contribution in [0.15, 0.2) is 23.6 Å². The number of nitrogens with zero attached hydrogens (tertiary/aromatic N) is 2. The maximum Gasteiger partial charge on any atom is 0.309 e. The first kappa shape index (κ1) is 40.6. The Balaban J connectivity index is 2.36. The highest BCUT2D eigenvalue weighted by atomic mass is 32.1. The average molecular weight is 691 g/mol. The van der Waals surface area contributed by atoms with Crippen LogP contribution in [0.2, 0.25) is 0 Å². The number of benzene rings is 1. The van der Waals surface area contributed by atoms with Gasteiger partial charge in [0.05, 0.1) is 11.1 Å². The predicted octanol–water partition coefficient (Wildman–Crippen LogP) is 7.32. The van der Waals surface area contributed by atoms with Gasteiger partial charge in [-0.3, -0.25) is 19.2 Å². The van der Waals surface area contributed by atoms with E-state index in [1.165, 1.54) is 30.4 Å². The third kappa shape index (κ3) is 12.8. The second-order valence-electron chi connectivity index (χ2n) is 13.6. The van der Waals surface area contributed by atoms with Crippen molar-refractivity contribution in [1.29, 1.82) is 0 Å². The van der Waals surface area contributed by atoms with E-state index in [0.29, 0.717) is 30.0 Å². The second kappa shape index (κ2) is 19.5. The summed E-state index contributed by atoms with van der Waals surface area (Å²) in [5.74, 6) is -2.44. The normalized spacial score (nSPS) is 13.5. The van der Waals surface area contributed by atoms with Gasteiger partial charge in [0.2, 0.25) is 5.91 Å². The lowest BCUT2D eigenvalue weighted by molar-refractivity contribution is -0.149. The first-order valence-corrected chi connectivity index (χ1v) is 18.0. The minimum absolute atomic E-state index is 0.0398. The molecule has 0 radical (unpaired) electrons. The summed E-state index contributed by atoms with van der Waals surface area (Å²) in [6.07, 6.45) is 6.13. The number of ether oxygens (including phenoxy) is 1. The number of aliphatic carboxylic acids is 1. The largest absolute Gasteiger partial charge is 0.481 e. The highest BCUT2D eigenvalue weighted by Crippen LogP contribution is 2.32. The highest BCUT2D eigenvalue weighted by molar-refractivity contribution is 7.09. The van der Waals surface area contributed by atoms with Crippen LogP contribution in [0, 0.1) is 17.2 Å². The quantitative estimate of drug-likeness (QED) is 0.0700. The maximum atomic E-state index is 13.8. The Kier molecular flexibility index (Phi) is 16.5. The number of hydrogen-bond donors (Lipinski definition) is 3. The molecule has 268 valence electrons. The van der Waals surface area contributed by atoms with Crippen molar-refractivity contribution >= 4 is 40.8 Å². The molecule has 1 aromatic carbocycles. The number of carbonyl (C=O) groups is 4. The Bertz CT molecular complexity index is 1360. The van der Waals surface area contributed by atoms with Crippen molar-refractivity contribution in [3.63, 3.8) is 0 Å². The Labute approximate surface area is 289 Å². The molecular formula is C36H55FN4O6S. The van der Waals surface area contributed by atoms with E-state index in [-0.39, 0.29) is 42.1 Å². The maximum absolute atomic E-state index is 13.8. The van der Waals surface area contributed by atoms with Crippen molar-refractivity contribution in [2.45, 2.75) is 131 Å². The van der Waals surface area contributed by atoms with Gasteiger partial charge in [0.15, 0.2) is 6.10 Å². The van der Waals surface area contributed by atoms with Crippen molar-refractivity contribution < 1.29 is 33.4 Å². The molecule has 3 atom stereocenters. The minimum atomic E-state index is -1.17. The van der Waals surface area contributed by atoms with Crippen molar-refractivity contribution in [3.8, 4) is 0 Å². The lowest BCUT2D eigenvalue weighted by Gasteiger charge is -2.36. The van der Waals surface area contributed by atoms with Gasteiger partial charge in [-0.05, 0) is 63.1 Å². The van der Waals surface area contributed by atoms with Gasteiger partial charge in [-0.2, -0.15) is 0 Å². The van der Waals surface area contributed by atoms with Crippen LogP contribution in [0.5, 0.6) is 0 Å². The molecule has 0 spiro atoms. The summed E-state index contributed by atoms with van der Waals surface area (Å²) in [7, 11) is 0. The number of halogens is 1. The van der Waals surface area contributed by atoms with Gasteiger partial charge < -0.3 is 25.8 Å². The average Bonchev–Trinajstić information content (AvgIpc) is 3.50. The second-order valence-corrected chi connectivity index (χ2v) is 14.5. The van der Waals surface area contributed by atoms with Gasteiger partial charge >= 0.3 is 11.9 Å². The summed E-state index contributed by atoms with van der Waals surface area (Å²) < 4.78 is 19.6. The SMILES string of the molecule is CCCCCCN(C(=O)CCCC)C(CC(OC(C)=O)c1nc(C(=O)NC(Cc2ccc(F)c(N)c2)CC(C)(C)C(=O)O)cs1)C(C)C. The first-order valence-electron chi connectivity index (χ1n) is 17.1. The number of nitrogen functional groups attached to an aromatic ring is 1. The minimum Gasteiger partial charge on any atom is -0.481 e. The Morgan fingerprint density at radius 1 is 1.10 bits per heavy atom. The number of hydrogen-bond acceptors (Lipinski definition) is 8. The molecule has 1 aromatic heterocycles. The van der Waals surface area contributed by atoms with Crippen LogP contribution in [0.25, 0.3) is 0 Å². The predicted molar refractivity (Wildman–Crippen MR) is 187 cm³/mol. The fourth-order valence-corrected chi connectivity index (χ4v) is 6.55. The summed E-state index contributed by atoms with van der Waals surface area (Å²) >= 11 is 1.19. The van der Waals surface area contributed by atoms with Crippen molar-refractivity contribution in [1.82, 2.24) is 15.2 Å².